The summed E-state index contributed by atoms with van der Waals surface area (Å²) in [5.74, 6) is 0. The number of alkyl halides is 3. The molecular weight excluding hydrogens is 265 g/mol. The molecule has 2 rings (SSSR count). The van der Waals surface area contributed by atoms with Crippen molar-refractivity contribution in [2.45, 2.75) is 38.0 Å². The first kappa shape index (κ1) is 15.3. The van der Waals surface area contributed by atoms with Crippen LogP contribution in [0.4, 0.5) is 13.2 Å². The fraction of sp³-hybridized carbons (Fsp3) is 0.600. The van der Waals surface area contributed by atoms with E-state index in [1.165, 1.54) is 0 Å². The van der Waals surface area contributed by atoms with Crippen LogP contribution in [0.2, 0.25) is 0 Å². The van der Waals surface area contributed by atoms with E-state index in [1.54, 1.807) is 4.90 Å². The Kier molecular flexibility index (Phi) is 4.39. The highest BCUT2D eigenvalue weighted by molar-refractivity contribution is 5.21. The Balaban J connectivity index is 2.22. The number of nitrogens with one attached hydrogen (secondary N) is 1. The van der Waals surface area contributed by atoms with Crippen molar-refractivity contribution in [1.29, 1.82) is 0 Å². The molecule has 5 heteroatoms. The Morgan fingerprint density at radius 2 is 1.95 bits per heavy atom. The molecule has 0 radical (unpaired) electrons. The molecule has 1 aromatic rings. The lowest BCUT2D eigenvalue weighted by molar-refractivity contribution is -0.157. The normalized spacial score (nSPS) is 28.6. The first-order valence-electron chi connectivity index (χ1n) is 6.94. The van der Waals surface area contributed by atoms with Gasteiger partial charge in [-0.05, 0) is 18.9 Å². The van der Waals surface area contributed by atoms with Gasteiger partial charge in [-0.2, -0.15) is 13.2 Å². The Morgan fingerprint density at radius 3 is 2.50 bits per heavy atom. The monoisotopic (exact) mass is 286 g/mol. The largest absolute Gasteiger partial charge is 0.401 e. The minimum atomic E-state index is -4.17. The minimum absolute atomic E-state index is 0.225. The van der Waals surface area contributed by atoms with Gasteiger partial charge in [-0.15, -0.1) is 0 Å². The minimum Gasteiger partial charge on any atom is -0.308 e. The maximum absolute atomic E-state index is 12.8. The second-order valence-corrected chi connectivity index (χ2v) is 5.74. The van der Waals surface area contributed by atoms with Crippen LogP contribution in [0.15, 0.2) is 30.3 Å². The van der Waals surface area contributed by atoms with Gasteiger partial charge in [-0.3, -0.25) is 4.90 Å². The Hall–Kier alpha value is -1.07. The number of hydrogen-bond donors (Lipinski definition) is 1. The highest BCUT2D eigenvalue weighted by Gasteiger charge is 2.40. The molecule has 1 aliphatic rings. The summed E-state index contributed by atoms with van der Waals surface area (Å²) in [4.78, 5) is 1.55. The Bertz CT molecular complexity index is 432. The van der Waals surface area contributed by atoms with Crippen LogP contribution in [0, 0.1) is 0 Å². The fourth-order valence-electron chi connectivity index (χ4n) is 2.72. The van der Waals surface area contributed by atoms with Gasteiger partial charge in [0.05, 0.1) is 6.54 Å². The third-order valence-corrected chi connectivity index (χ3v) is 4.06. The average molecular weight is 286 g/mol. The van der Waals surface area contributed by atoms with Crippen molar-refractivity contribution in [2.24, 2.45) is 0 Å². The first-order valence-corrected chi connectivity index (χ1v) is 6.94. The second kappa shape index (κ2) is 5.74. The topological polar surface area (TPSA) is 15.3 Å². The number of rotatable bonds is 3. The van der Waals surface area contributed by atoms with Gasteiger partial charge in [0.1, 0.15) is 0 Å². The molecule has 0 aromatic heterocycles. The van der Waals surface area contributed by atoms with Gasteiger partial charge in [0.25, 0.3) is 0 Å². The summed E-state index contributed by atoms with van der Waals surface area (Å²) < 4.78 is 38.5. The quantitative estimate of drug-likeness (QED) is 0.916. The molecule has 20 heavy (non-hydrogen) atoms. The van der Waals surface area contributed by atoms with Crippen LogP contribution in [-0.2, 0) is 0 Å². The number of halogens is 3. The SMILES string of the molecule is CCC1(C)CN(CC(F)(F)F)C(c2ccccc2)CN1. The molecule has 0 bridgehead atoms. The Labute approximate surface area is 118 Å². The van der Waals surface area contributed by atoms with E-state index in [2.05, 4.69) is 5.32 Å². The molecule has 1 aromatic carbocycles. The molecule has 1 N–H and O–H groups in total. The van der Waals surface area contributed by atoms with Gasteiger partial charge >= 0.3 is 6.18 Å². The summed E-state index contributed by atoms with van der Waals surface area (Å²) >= 11 is 0. The van der Waals surface area contributed by atoms with Crippen molar-refractivity contribution in [3.05, 3.63) is 35.9 Å². The maximum Gasteiger partial charge on any atom is 0.401 e. The maximum atomic E-state index is 12.8. The van der Waals surface area contributed by atoms with Crippen LogP contribution >= 0.6 is 0 Å². The summed E-state index contributed by atoms with van der Waals surface area (Å²) in [5, 5.41) is 3.40. The molecule has 2 nitrogen and oxygen atoms in total. The lowest BCUT2D eigenvalue weighted by Crippen LogP contribution is -2.60. The summed E-state index contributed by atoms with van der Waals surface area (Å²) in [7, 11) is 0. The van der Waals surface area contributed by atoms with Crippen LogP contribution in [0.3, 0.4) is 0 Å². The summed E-state index contributed by atoms with van der Waals surface area (Å²) in [5.41, 5.74) is 0.679. The van der Waals surface area contributed by atoms with Crippen molar-refractivity contribution in [1.82, 2.24) is 10.2 Å². The highest BCUT2D eigenvalue weighted by Crippen LogP contribution is 2.31. The predicted octanol–water partition coefficient (Wildman–Crippen LogP) is 3.36. The molecule has 0 aliphatic carbocycles. The van der Waals surface area contributed by atoms with E-state index >= 15 is 0 Å². The van der Waals surface area contributed by atoms with Gasteiger partial charge in [0, 0.05) is 24.7 Å². The van der Waals surface area contributed by atoms with Gasteiger partial charge in [0.2, 0.25) is 0 Å². The van der Waals surface area contributed by atoms with Crippen LogP contribution in [0.1, 0.15) is 31.9 Å². The van der Waals surface area contributed by atoms with Gasteiger partial charge < -0.3 is 5.32 Å². The third-order valence-electron chi connectivity index (χ3n) is 4.06. The smallest absolute Gasteiger partial charge is 0.308 e. The van der Waals surface area contributed by atoms with Crippen LogP contribution in [-0.4, -0.2) is 36.2 Å². The van der Waals surface area contributed by atoms with Gasteiger partial charge in [-0.25, -0.2) is 0 Å². The fourth-order valence-corrected chi connectivity index (χ4v) is 2.72. The van der Waals surface area contributed by atoms with E-state index in [1.807, 2.05) is 44.2 Å². The number of benzene rings is 1. The standard InChI is InChI=1S/C15H21F3N2/c1-3-14(2)10-20(11-15(16,17)18)13(9-19-14)12-7-5-4-6-8-12/h4-8,13,19H,3,9-11H2,1-2H3. The molecule has 0 saturated carbocycles. The summed E-state index contributed by atoms with van der Waals surface area (Å²) in [6, 6.07) is 9.18. The number of piperazine rings is 1. The third kappa shape index (κ3) is 3.73. The van der Waals surface area contributed by atoms with E-state index < -0.39 is 12.7 Å². The molecule has 0 amide bonds. The van der Waals surface area contributed by atoms with Crippen molar-refractivity contribution in [3.8, 4) is 0 Å². The Morgan fingerprint density at radius 1 is 1.30 bits per heavy atom. The summed E-state index contributed by atoms with van der Waals surface area (Å²) in [6.07, 6.45) is -3.36. The van der Waals surface area contributed by atoms with Gasteiger partial charge in [0.15, 0.2) is 0 Å². The molecular formula is C15H21F3N2. The zero-order valence-corrected chi connectivity index (χ0v) is 11.9. The van der Waals surface area contributed by atoms with E-state index in [4.69, 9.17) is 0 Å². The lowest BCUT2D eigenvalue weighted by Gasteiger charge is -2.46. The van der Waals surface area contributed by atoms with Crippen molar-refractivity contribution < 1.29 is 13.2 Å². The predicted molar refractivity (Wildman–Crippen MR) is 73.5 cm³/mol. The molecule has 2 atom stereocenters. The molecule has 2 unspecified atom stereocenters. The molecule has 0 spiro atoms. The molecule has 1 heterocycles. The molecule has 1 saturated heterocycles. The van der Waals surface area contributed by atoms with E-state index in [0.717, 1.165) is 12.0 Å². The summed E-state index contributed by atoms with van der Waals surface area (Å²) in [6.45, 7) is 4.08. The highest BCUT2D eigenvalue weighted by atomic mass is 19.4. The second-order valence-electron chi connectivity index (χ2n) is 5.74. The lowest BCUT2D eigenvalue weighted by atomic mass is 9.91. The van der Waals surface area contributed by atoms with Crippen LogP contribution in [0.25, 0.3) is 0 Å². The van der Waals surface area contributed by atoms with Crippen molar-refractivity contribution in [3.63, 3.8) is 0 Å². The zero-order valence-electron chi connectivity index (χ0n) is 11.9. The van der Waals surface area contributed by atoms with E-state index in [9.17, 15) is 13.2 Å². The number of hydrogen-bond acceptors (Lipinski definition) is 2. The molecule has 1 fully saturated rings. The van der Waals surface area contributed by atoms with Crippen molar-refractivity contribution in [2.75, 3.05) is 19.6 Å². The molecule has 112 valence electrons. The number of nitrogens with zero attached hydrogens (tertiary/aromatic N) is 1. The van der Waals surface area contributed by atoms with Crippen LogP contribution in [0.5, 0.6) is 0 Å². The zero-order chi connectivity index (χ0) is 14.8. The van der Waals surface area contributed by atoms with Crippen molar-refractivity contribution >= 4 is 0 Å². The average Bonchev–Trinajstić information content (AvgIpc) is 2.38. The molecule has 1 aliphatic heterocycles. The van der Waals surface area contributed by atoms with E-state index in [0.29, 0.717) is 13.1 Å². The van der Waals surface area contributed by atoms with Crippen LogP contribution < -0.4 is 5.32 Å². The van der Waals surface area contributed by atoms with E-state index in [-0.39, 0.29) is 11.6 Å². The first-order chi connectivity index (χ1) is 9.33. The van der Waals surface area contributed by atoms with Gasteiger partial charge in [-0.1, -0.05) is 37.3 Å².